The molecule has 1 amide bonds. The summed E-state index contributed by atoms with van der Waals surface area (Å²) in [4.78, 5) is 14.1. The second-order valence-electron chi connectivity index (χ2n) is 7.51. The first-order valence-corrected chi connectivity index (χ1v) is 8.17. The quantitative estimate of drug-likeness (QED) is 0.801. The van der Waals surface area contributed by atoms with Crippen LogP contribution in [0.15, 0.2) is 24.3 Å². The van der Waals surface area contributed by atoms with Crippen molar-refractivity contribution in [1.82, 2.24) is 10.2 Å². The van der Waals surface area contributed by atoms with Crippen LogP contribution >= 0.6 is 0 Å². The molecule has 2 aliphatic heterocycles. The Morgan fingerprint density at radius 3 is 2.59 bits per heavy atom. The van der Waals surface area contributed by atoms with Crippen LogP contribution in [-0.4, -0.2) is 36.2 Å². The number of hydrogen-bond donors (Lipinski definition) is 1. The highest BCUT2D eigenvalue weighted by atomic mass is 16.6. The number of carbonyl (C=O) groups excluding carboxylic acids is 1. The zero-order chi connectivity index (χ0) is 15.8. The fourth-order valence-corrected chi connectivity index (χ4v) is 3.61. The molecular formula is C18H26N2O2. The third kappa shape index (κ3) is 2.98. The topological polar surface area (TPSA) is 41.6 Å². The molecule has 0 saturated carbocycles. The summed E-state index contributed by atoms with van der Waals surface area (Å²) in [5.74, 6) is 0. The Hall–Kier alpha value is -1.55. The summed E-state index contributed by atoms with van der Waals surface area (Å²) < 4.78 is 5.49. The molecule has 1 saturated heterocycles. The van der Waals surface area contributed by atoms with E-state index in [9.17, 15) is 4.79 Å². The van der Waals surface area contributed by atoms with Gasteiger partial charge in [0.15, 0.2) is 0 Å². The molecule has 0 unspecified atom stereocenters. The van der Waals surface area contributed by atoms with Crippen LogP contribution in [0.3, 0.4) is 0 Å². The van der Waals surface area contributed by atoms with Gasteiger partial charge in [-0.25, -0.2) is 4.79 Å². The number of hydrogen-bond acceptors (Lipinski definition) is 3. The van der Waals surface area contributed by atoms with Crippen LogP contribution in [0.2, 0.25) is 0 Å². The number of fused-ring (bicyclic) bond motifs is 2. The number of piperidine rings is 1. The lowest BCUT2D eigenvalue weighted by Gasteiger charge is -2.45. The van der Waals surface area contributed by atoms with Gasteiger partial charge in [-0.3, -0.25) is 0 Å². The summed E-state index contributed by atoms with van der Waals surface area (Å²) >= 11 is 0. The molecule has 22 heavy (non-hydrogen) atoms. The highest BCUT2D eigenvalue weighted by molar-refractivity contribution is 5.68. The summed E-state index contributed by atoms with van der Waals surface area (Å²) in [6.07, 6.45) is 1.81. The molecule has 4 heteroatoms. The summed E-state index contributed by atoms with van der Waals surface area (Å²) in [6.45, 7) is 9.24. The van der Waals surface area contributed by atoms with Crippen LogP contribution < -0.4 is 5.32 Å². The zero-order valence-electron chi connectivity index (χ0n) is 13.8. The Kier molecular flexibility index (Phi) is 3.89. The van der Waals surface area contributed by atoms with Crippen molar-refractivity contribution < 1.29 is 9.53 Å². The lowest BCUT2D eigenvalue weighted by molar-refractivity contribution is 0.0159. The maximum Gasteiger partial charge on any atom is 0.410 e. The highest BCUT2D eigenvalue weighted by Gasteiger charge is 2.40. The Balaban J connectivity index is 1.71. The van der Waals surface area contributed by atoms with Crippen molar-refractivity contribution in [3.8, 4) is 0 Å². The average Bonchev–Trinajstić information content (AvgIpc) is 2.47. The molecule has 0 aliphatic carbocycles. The Morgan fingerprint density at radius 2 is 1.91 bits per heavy atom. The minimum Gasteiger partial charge on any atom is -0.444 e. The maximum atomic E-state index is 12.2. The molecule has 1 spiro atoms. The Labute approximate surface area is 132 Å². The van der Waals surface area contributed by atoms with E-state index >= 15 is 0 Å². The fourth-order valence-electron chi connectivity index (χ4n) is 3.61. The van der Waals surface area contributed by atoms with Gasteiger partial charge in [0.25, 0.3) is 0 Å². The molecular weight excluding hydrogens is 276 g/mol. The van der Waals surface area contributed by atoms with E-state index in [1.807, 2.05) is 25.7 Å². The van der Waals surface area contributed by atoms with Crippen molar-refractivity contribution in [3.63, 3.8) is 0 Å². The second-order valence-corrected chi connectivity index (χ2v) is 7.51. The normalized spacial score (nSPS) is 20.6. The molecule has 1 aromatic carbocycles. The number of carbonyl (C=O) groups is 1. The first-order chi connectivity index (χ1) is 10.4. The average molecular weight is 302 g/mol. The largest absolute Gasteiger partial charge is 0.444 e. The molecule has 0 radical (unpaired) electrons. The molecule has 1 N–H and O–H groups in total. The van der Waals surface area contributed by atoms with Crippen LogP contribution in [0.4, 0.5) is 4.79 Å². The van der Waals surface area contributed by atoms with Gasteiger partial charge in [-0.1, -0.05) is 24.3 Å². The summed E-state index contributed by atoms with van der Waals surface area (Å²) in [6, 6.07) is 8.71. The fraction of sp³-hybridized carbons (Fsp3) is 0.611. The Morgan fingerprint density at radius 1 is 1.23 bits per heavy atom. The number of benzene rings is 1. The zero-order valence-corrected chi connectivity index (χ0v) is 13.8. The number of nitrogens with one attached hydrogen (secondary N) is 1. The van der Waals surface area contributed by atoms with Crippen LogP contribution in [0.5, 0.6) is 0 Å². The van der Waals surface area contributed by atoms with Crippen molar-refractivity contribution in [2.24, 2.45) is 0 Å². The van der Waals surface area contributed by atoms with Gasteiger partial charge in [-0.05, 0) is 44.7 Å². The molecule has 1 aromatic rings. The number of ether oxygens (including phenoxy) is 1. The van der Waals surface area contributed by atoms with Crippen molar-refractivity contribution in [2.75, 3.05) is 19.6 Å². The minimum absolute atomic E-state index is 0.174. The van der Waals surface area contributed by atoms with E-state index in [-0.39, 0.29) is 11.5 Å². The number of likely N-dealkylation sites (tertiary alicyclic amines) is 1. The summed E-state index contributed by atoms with van der Waals surface area (Å²) in [7, 11) is 0. The van der Waals surface area contributed by atoms with Gasteiger partial charge in [0.1, 0.15) is 5.60 Å². The summed E-state index contributed by atoms with van der Waals surface area (Å²) in [5, 5.41) is 3.55. The SMILES string of the molecule is CC(C)(C)OC(=O)N1CCC2(CC1)CNCc1ccccc12. The van der Waals surface area contributed by atoms with Gasteiger partial charge in [0.2, 0.25) is 0 Å². The van der Waals surface area contributed by atoms with E-state index < -0.39 is 5.60 Å². The second kappa shape index (κ2) is 5.58. The van der Waals surface area contributed by atoms with Gasteiger partial charge in [0, 0.05) is 31.6 Å². The minimum atomic E-state index is -0.425. The van der Waals surface area contributed by atoms with E-state index in [0.717, 1.165) is 39.0 Å². The van der Waals surface area contributed by atoms with Gasteiger partial charge in [-0.15, -0.1) is 0 Å². The van der Waals surface area contributed by atoms with Crippen molar-refractivity contribution in [1.29, 1.82) is 0 Å². The Bertz CT molecular complexity index is 554. The van der Waals surface area contributed by atoms with Crippen LogP contribution in [0, 0.1) is 0 Å². The molecule has 2 heterocycles. The van der Waals surface area contributed by atoms with E-state index in [1.165, 1.54) is 11.1 Å². The maximum absolute atomic E-state index is 12.2. The van der Waals surface area contributed by atoms with Crippen LogP contribution in [-0.2, 0) is 16.7 Å². The summed E-state index contributed by atoms with van der Waals surface area (Å²) in [5.41, 5.74) is 2.62. The lowest BCUT2D eigenvalue weighted by atomic mass is 9.69. The standard InChI is InChI=1S/C18H26N2O2/c1-17(2,3)22-16(21)20-10-8-18(9-11-20)13-19-12-14-6-4-5-7-15(14)18/h4-7,19H,8-13H2,1-3H3. The molecule has 120 valence electrons. The molecule has 0 bridgehead atoms. The molecule has 1 fully saturated rings. The van der Waals surface area contributed by atoms with Crippen molar-refractivity contribution >= 4 is 6.09 Å². The van der Waals surface area contributed by atoms with Crippen molar-refractivity contribution in [2.45, 2.75) is 51.2 Å². The number of amides is 1. The van der Waals surface area contributed by atoms with Gasteiger partial charge in [-0.2, -0.15) is 0 Å². The van der Waals surface area contributed by atoms with E-state index in [0.29, 0.717) is 0 Å². The first kappa shape index (κ1) is 15.3. The van der Waals surface area contributed by atoms with E-state index in [4.69, 9.17) is 4.74 Å². The highest BCUT2D eigenvalue weighted by Crippen LogP contribution is 2.39. The number of rotatable bonds is 0. The third-order valence-corrected chi connectivity index (χ3v) is 4.74. The number of nitrogens with zero attached hydrogens (tertiary/aromatic N) is 1. The monoisotopic (exact) mass is 302 g/mol. The van der Waals surface area contributed by atoms with Crippen LogP contribution in [0.1, 0.15) is 44.7 Å². The lowest BCUT2D eigenvalue weighted by Crippen LogP contribution is -2.52. The van der Waals surface area contributed by atoms with Gasteiger partial charge in [0.05, 0.1) is 0 Å². The predicted molar refractivity (Wildman–Crippen MR) is 86.9 cm³/mol. The van der Waals surface area contributed by atoms with E-state index in [1.54, 1.807) is 0 Å². The first-order valence-electron chi connectivity index (χ1n) is 8.17. The molecule has 3 rings (SSSR count). The van der Waals surface area contributed by atoms with Gasteiger partial charge >= 0.3 is 6.09 Å². The van der Waals surface area contributed by atoms with Crippen molar-refractivity contribution in [3.05, 3.63) is 35.4 Å². The third-order valence-electron chi connectivity index (χ3n) is 4.74. The molecule has 4 nitrogen and oxygen atoms in total. The predicted octanol–water partition coefficient (Wildman–Crippen LogP) is 3.06. The molecule has 0 aromatic heterocycles. The van der Waals surface area contributed by atoms with Gasteiger partial charge < -0.3 is 15.0 Å². The molecule has 0 atom stereocenters. The molecule has 2 aliphatic rings. The van der Waals surface area contributed by atoms with Crippen LogP contribution in [0.25, 0.3) is 0 Å². The van der Waals surface area contributed by atoms with E-state index in [2.05, 4.69) is 29.6 Å². The smallest absolute Gasteiger partial charge is 0.410 e.